The third kappa shape index (κ3) is 2.65. The molecule has 0 radical (unpaired) electrons. The van der Waals surface area contributed by atoms with Gasteiger partial charge in [-0.2, -0.15) is 5.10 Å². The molecule has 1 aliphatic rings. The molecule has 0 fully saturated rings. The summed E-state index contributed by atoms with van der Waals surface area (Å²) in [6.07, 6.45) is 3.50. The van der Waals surface area contributed by atoms with Crippen LogP contribution < -0.4 is 5.73 Å². The SMILES string of the molecule is Cc1ccc2c(n1)CCC2N(C)C(=O)c1ccc2nc(N)c3cnn(C)c3c2c1. The van der Waals surface area contributed by atoms with E-state index in [9.17, 15) is 4.79 Å². The molecule has 1 amide bonds. The van der Waals surface area contributed by atoms with Crippen LogP contribution in [0, 0.1) is 6.92 Å². The molecule has 146 valence electrons. The highest BCUT2D eigenvalue weighted by atomic mass is 16.2. The number of aromatic nitrogens is 4. The molecule has 7 nitrogen and oxygen atoms in total. The first-order valence-electron chi connectivity index (χ1n) is 9.68. The highest BCUT2D eigenvalue weighted by molar-refractivity contribution is 6.10. The zero-order valence-electron chi connectivity index (χ0n) is 16.7. The third-order valence-corrected chi connectivity index (χ3v) is 5.90. The summed E-state index contributed by atoms with van der Waals surface area (Å²) in [6, 6.07) is 9.73. The lowest BCUT2D eigenvalue weighted by atomic mass is 10.1. The molecule has 0 spiro atoms. The molecule has 0 bridgehead atoms. The summed E-state index contributed by atoms with van der Waals surface area (Å²) in [6.45, 7) is 2.00. The van der Waals surface area contributed by atoms with E-state index in [2.05, 4.69) is 21.1 Å². The Morgan fingerprint density at radius 1 is 1.21 bits per heavy atom. The van der Waals surface area contributed by atoms with Gasteiger partial charge in [0.15, 0.2) is 0 Å². The lowest BCUT2D eigenvalue weighted by Gasteiger charge is -2.25. The van der Waals surface area contributed by atoms with E-state index in [-0.39, 0.29) is 11.9 Å². The van der Waals surface area contributed by atoms with Crippen LogP contribution in [0.4, 0.5) is 5.82 Å². The number of hydrogen-bond donors (Lipinski definition) is 1. The summed E-state index contributed by atoms with van der Waals surface area (Å²) in [5.41, 5.74) is 11.6. The minimum Gasteiger partial charge on any atom is -0.383 e. The largest absolute Gasteiger partial charge is 0.383 e. The summed E-state index contributed by atoms with van der Waals surface area (Å²) < 4.78 is 1.77. The first kappa shape index (κ1) is 17.6. The molecule has 1 aliphatic carbocycles. The Bertz CT molecular complexity index is 1290. The van der Waals surface area contributed by atoms with Crippen LogP contribution in [0.5, 0.6) is 0 Å². The Hall–Kier alpha value is -3.48. The van der Waals surface area contributed by atoms with E-state index < -0.39 is 0 Å². The topological polar surface area (TPSA) is 89.9 Å². The molecule has 0 saturated heterocycles. The quantitative estimate of drug-likeness (QED) is 0.571. The van der Waals surface area contributed by atoms with Gasteiger partial charge < -0.3 is 10.6 Å². The summed E-state index contributed by atoms with van der Waals surface area (Å²) >= 11 is 0. The summed E-state index contributed by atoms with van der Waals surface area (Å²) in [5, 5.41) is 5.97. The number of carbonyl (C=O) groups excluding carboxylic acids is 1. The van der Waals surface area contributed by atoms with Crippen molar-refractivity contribution in [1.29, 1.82) is 0 Å². The molecule has 7 heteroatoms. The minimum atomic E-state index is -0.0162. The fourth-order valence-electron chi connectivity index (χ4n) is 4.39. The smallest absolute Gasteiger partial charge is 0.254 e. The molecule has 29 heavy (non-hydrogen) atoms. The number of carbonyl (C=O) groups is 1. The highest BCUT2D eigenvalue weighted by Crippen LogP contribution is 2.35. The van der Waals surface area contributed by atoms with Crippen LogP contribution in [0.25, 0.3) is 21.8 Å². The molecule has 0 aliphatic heterocycles. The molecule has 1 unspecified atom stereocenters. The standard InChI is InChI=1S/C22H22N6O/c1-12-4-6-14-17(25-12)8-9-19(14)27(2)22(29)13-5-7-18-15(10-13)20-16(21(23)26-18)11-24-28(20)3/h4-7,10-11,19H,8-9H2,1-3H3,(H2,23,26). The zero-order chi connectivity index (χ0) is 20.3. The second-order valence-electron chi connectivity index (χ2n) is 7.72. The maximum Gasteiger partial charge on any atom is 0.254 e. The maximum atomic E-state index is 13.3. The maximum absolute atomic E-state index is 13.3. The van der Waals surface area contributed by atoms with Crippen molar-refractivity contribution in [3.8, 4) is 0 Å². The van der Waals surface area contributed by atoms with Crippen molar-refractivity contribution >= 4 is 33.5 Å². The predicted octanol–water partition coefficient (Wildman–Crippen LogP) is 3.17. The van der Waals surface area contributed by atoms with E-state index >= 15 is 0 Å². The Morgan fingerprint density at radius 3 is 2.86 bits per heavy atom. The molecular weight excluding hydrogens is 364 g/mol. The van der Waals surface area contributed by atoms with Gasteiger partial charge in [0.1, 0.15) is 5.82 Å². The van der Waals surface area contributed by atoms with Crippen LogP contribution in [0.3, 0.4) is 0 Å². The summed E-state index contributed by atoms with van der Waals surface area (Å²) in [4.78, 5) is 24.3. The van der Waals surface area contributed by atoms with Gasteiger partial charge in [-0.15, -0.1) is 0 Å². The van der Waals surface area contributed by atoms with Gasteiger partial charge in [-0.3, -0.25) is 14.5 Å². The second kappa shape index (κ2) is 6.27. The van der Waals surface area contributed by atoms with E-state index in [0.717, 1.165) is 51.6 Å². The van der Waals surface area contributed by atoms with Crippen molar-refractivity contribution in [1.82, 2.24) is 24.6 Å². The van der Waals surface area contributed by atoms with Crippen LogP contribution in [0.15, 0.2) is 36.5 Å². The fraction of sp³-hybridized carbons (Fsp3) is 0.273. The Labute approximate surface area is 168 Å². The van der Waals surface area contributed by atoms with Crippen LogP contribution in [0.2, 0.25) is 0 Å². The number of hydrogen-bond acceptors (Lipinski definition) is 5. The van der Waals surface area contributed by atoms with Crippen molar-refractivity contribution in [3.05, 3.63) is 59.0 Å². The molecule has 0 saturated carbocycles. The number of fused-ring (bicyclic) bond motifs is 4. The monoisotopic (exact) mass is 386 g/mol. The van der Waals surface area contributed by atoms with Crippen molar-refractivity contribution in [2.75, 3.05) is 12.8 Å². The Balaban J connectivity index is 1.56. The van der Waals surface area contributed by atoms with Crippen molar-refractivity contribution in [2.45, 2.75) is 25.8 Å². The Morgan fingerprint density at radius 2 is 2.03 bits per heavy atom. The Kier molecular flexibility index (Phi) is 3.81. The average molecular weight is 386 g/mol. The zero-order valence-corrected chi connectivity index (χ0v) is 16.7. The lowest BCUT2D eigenvalue weighted by molar-refractivity contribution is 0.0731. The number of nitrogen functional groups attached to an aromatic ring is 1. The van der Waals surface area contributed by atoms with Crippen molar-refractivity contribution in [2.24, 2.45) is 7.05 Å². The molecule has 5 rings (SSSR count). The summed E-state index contributed by atoms with van der Waals surface area (Å²) in [7, 11) is 3.74. The van der Waals surface area contributed by atoms with Gasteiger partial charge in [-0.25, -0.2) is 4.98 Å². The van der Waals surface area contributed by atoms with E-state index in [1.165, 1.54) is 0 Å². The van der Waals surface area contributed by atoms with Gasteiger partial charge in [0.25, 0.3) is 5.91 Å². The van der Waals surface area contributed by atoms with Gasteiger partial charge >= 0.3 is 0 Å². The first-order valence-corrected chi connectivity index (χ1v) is 9.68. The number of pyridine rings is 2. The molecule has 4 aromatic rings. The van der Waals surface area contributed by atoms with Gasteiger partial charge in [0, 0.05) is 36.4 Å². The third-order valence-electron chi connectivity index (χ3n) is 5.90. The highest BCUT2D eigenvalue weighted by Gasteiger charge is 2.30. The molecule has 3 heterocycles. The number of nitrogens with two attached hydrogens (primary N) is 1. The normalized spacial score (nSPS) is 15.8. The predicted molar refractivity (Wildman–Crippen MR) is 113 cm³/mol. The molecular formula is C22H22N6O. The molecule has 1 aromatic carbocycles. The van der Waals surface area contributed by atoms with Gasteiger partial charge in [0.2, 0.25) is 0 Å². The van der Waals surface area contributed by atoms with Gasteiger partial charge in [0.05, 0.1) is 28.7 Å². The van der Waals surface area contributed by atoms with E-state index in [0.29, 0.717) is 11.4 Å². The van der Waals surface area contributed by atoms with Crippen molar-refractivity contribution < 1.29 is 4.79 Å². The average Bonchev–Trinajstić information content (AvgIpc) is 3.30. The second-order valence-corrected chi connectivity index (χ2v) is 7.72. The fourth-order valence-corrected chi connectivity index (χ4v) is 4.39. The number of aryl methyl sites for hydroxylation is 3. The van der Waals surface area contributed by atoms with Crippen LogP contribution in [-0.4, -0.2) is 37.6 Å². The minimum absolute atomic E-state index is 0.0162. The molecule has 3 aromatic heterocycles. The van der Waals surface area contributed by atoms with E-state index in [1.54, 1.807) is 10.9 Å². The van der Waals surface area contributed by atoms with Crippen LogP contribution >= 0.6 is 0 Å². The first-order chi connectivity index (χ1) is 13.9. The number of benzene rings is 1. The number of rotatable bonds is 2. The number of anilines is 1. The number of nitrogens with zero attached hydrogens (tertiary/aromatic N) is 5. The van der Waals surface area contributed by atoms with E-state index in [1.807, 2.05) is 50.2 Å². The van der Waals surface area contributed by atoms with Crippen LogP contribution in [0.1, 0.15) is 39.8 Å². The van der Waals surface area contributed by atoms with E-state index in [4.69, 9.17) is 5.73 Å². The lowest BCUT2D eigenvalue weighted by Crippen LogP contribution is -2.30. The van der Waals surface area contributed by atoms with Gasteiger partial charge in [-0.1, -0.05) is 6.07 Å². The van der Waals surface area contributed by atoms with Crippen molar-refractivity contribution in [3.63, 3.8) is 0 Å². The number of amides is 1. The molecule has 1 atom stereocenters. The van der Waals surface area contributed by atoms with Gasteiger partial charge in [-0.05, 0) is 49.6 Å². The van der Waals surface area contributed by atoms with Crippen LogP contribution in [-0.2, 0) is 13.5 Å². The molecule has 2 N–H and O–H groups in total. The summed E-state index contributed by atoms with van der Waals surface area (Å²) in [5.74, 6) is 0.430.